The number of carboxylic acids is 1. The van der Waals surface area contributed by atoms with Crippen LogP contribution in [0.2, 0.25) is 0 Å². The van der Waals surface area contributed by atoms with Crippen molar-refractivity contribution >= 4 is 17.8 Å². The maximum absolute atomic E-state index is 14.9. The lowest BCUT2D eigenvalue weighted by molar-refractivity contribution is -0.160. The number of aliphatic carboxylic acids is 1. The zero-order valence-electron chi connectivity index (χ0n) is 22.1. The van der Waals surface area contributed by atoms with E-state index in [0.29, 0.717) is 38.5 Å². The third-order valence-corrected chi connectivity index (χ3v) is 8.71. The number of alkyl halides is 3. The summed E-state index contributed by atoms with van der Waals surface area (Å²) in [5, 5.41) is 14.3. The molecular formula is C27H34F4N2O6. The third kappa shape index (κ3) is 5.94. The Morgan fingerprint density at radius 2 is 1.72 bits per heavy atom. The number of carbonyl (C=O) groups is 3. The molecule has 3 saturated carbocycles. The topological polar surface area (TPSA) is 114 Å². The fraction of sp³-hybridized carbons (Fsp3) is 0.667. The summed E-state index contributed by atoms with van der Waals surface area (Å²) in [6.45, 7) is 2.53. The van der Waals surface area contributed by atoms with E-state index in [2.05, 4.69) is 5.32 Å². The summed E-state index contributed by atoms with van der Waals surface area (Å²) in [7, 11) is 1.27. The Kier molecular flexibility index (Phi) is 8.05. The van der Waals surface area contributed by atoms with Crippen LogP contribution in [0.1, 0.15) is 69.2 Å². The highest BCUT2D eigenvalue weighted by molar-refractivity contribution is 5.98. The molecule has 4 rings (SSSR count). The second-order valence-corrected chi connectivity index (χ2v) is 11.3. The molecule has 3 fully saturated rings. The van der Waals surface area contributed by atoms with Crippen molar-refractivity contribution in [1.29, 1.82) is 0 Å². The number of amides is 2. The van der Waals surface area contributed by atoms with Crippen molar-refractivity contribution in [1.82, 2.24) is 10.6 Å². The molecule has 0 aromatic heterocycles. The van der Waals surface area contributed by atoms with Gasteiger partial charge in [0.05, 0.1) is 30.1 Å². The number of carbonyl (C=O) groups excluding carboxylic acids is 2. The van der Waals surface area contributed by atoms with Crippen LogP contribution >= 0.6 is 0 Å². The highest BCUT2D eigenvalue weighted by Gasteiger charge is 2.52. The smallest absolute Gasteiger partial charge is 0.408 e. The van der Waals surface area contributed by atoms with E-state index in [9.17, 15) is 37.1 Å². The molecule has 0 unspecified atom stereocenters. The van der Waals surface area contributed by atoms with Crippen molar-refractivity contribution in [2.45, 2.75) is 83.2 Å². The van der Waals surface area contributed by atoms with Crippen LogP contribution in [0, 0.1) is 29.0 Å². The van der Waals surface area contributed by atoms with Crippen LogP contribution in [0.3, 0.4) is 0 Å². The predicted molar refractivity (Wildman–Crippen MR) is 131 cm³/mol. The SMILES string of the molecule is COc1cc(F)c(O[C@H]2CC[C@@](C)(C(=O)O)CC2)cc1C(=O)N[C@@H]1[C@H]2CC[C@H](C2)[C@@H]1C(=O)N[C@@H](C)C(F)(F)F. The monoisotopic (exact) mass is 558 g/mol. The minimum Gasteiger partial charge on any atom is -0.496 e. The van der Waals surface area contributed by atoms with Crippen molar-refractivity contribution < 1.29 is 46.5 Å². The molecule has 1 aromatic carbocycles. The summed E-state index contributed by atoms with van der Waals surface area (Å²) < 4.78 is 65.0. The molecule has 39 heavy (non-hydrogen) atoms. The summed E-state index contributed by atoms with van der Waals surface area (Å²) >= 11 is 0. The number of hydrogen-bond acceptors (Lipinski definition) is 5. The van der Waals surface area contributed by atoms with Crippen LogP contribution in [-0.4, -0.2) is 54.4 Å². The molecule has 3 aliphatic rings. The molecule has 2 amide bonds. The number of ether oxygens (including phenoxy) is 2. The first-order chi connectivity index (χ1) is 18.2. The molecular weight excluding hydrogens is 524 g/mol. The zero-order chi connectivity index (χ0) is 28.7. The lowest BCUT2D eigenvalue weighted by Crippen LogP contribution is -2.53. The molecule has 0 spiro atoms. The molecule has 216 valence electrons. The number of rotatable bonds is 8. The van der Waals surface area contributed by atoms with Crippen molar-refractivity contribution in [2.24, 2.45) is 23.2 Å². The second kappa shape index (κ2) is 10.8. The lowest BCUT2D eigenvalue weighted by Gasteiger charge is -2.34. The highest BCUT2D eigenvalue weighted by Crippen LogP contribution is 2.49. The molecule has 8 nitrogen and oxygen atoms in total. The summed E-state index contributed by atoms with van der Waals surface area (Å²) in [4.78, 5) is 37.7. The lowest BCUT2D eigenvalue weighted by atomic mass is 9.75. The summed E-state index contributed by atoms with van der Waals surface area (Å²) in [5.74, 6) is -4.33. The van der Waals surface area contributed by atoms with E-state index >= 15 is 0 Å². The Hall–Kier alpha value is -3.05. The Labute approximate surface area is 223 Å². The molecule has 0 radical (unpaired) electrons. The first-order valence-electron chi connectivity index (χ1n) is 13.2. The maximum Gasteiger partial charge on any atom is 0.408 e. The number of benzene rings is 1. The molecule has 3 aliphatic carbocycles. The minimum absolute atomic E-state index is 0.0364. The van der Waals surface area contributed by atoms with Gasteiger partial charge in [-0.25, -0.2) is 4.39 Å². The van der Waals surface area contributed by atoms with Gasteiger partial charge in [-0.1, -0.05) is 0 Å². The van der Waals surface area contributed by atoms with Crippen LogP contribution in [0.15, 0.2) is 12.1 Å². The van der Waals surface area contributed by atoms with E-state index in [1.54, 1.807) is 6.92 Å². The van der Waals surface area contributed by atoms with Gasteiger partial charge in [0, 0.05) is 12.1 Å². The average molecular weight is 559 g/mol. The van der Waals surface area contributed by atoms with Gasteiger partial charge < -0.3 is 25.2 Å². The first-order valence-corrected chi connectivity index (χ1v) is 13.2. The molecule has 3 N–H and O–H groups in total. The largest absolute Gasteiger partial charge is 0.496 e. The average Bonchev–Trinajstić information content (AvgIpc) is 3.47. The second-order valence-electron chi connectivity index (χ2n) is 11.3. The molecule has 5 atom stereocenters. The Balaban J connectivity index is 1.50. The Bertz CT molecular complexity index is 1120. The van der Waals surface area contributed by atoms with Crippen LogP contribution in [0.5, 0.6) is 11.5 Å². The van der Waals surface area contributed by atoms with Crippen LogP contribution < -0.4 is 20.1 Å². The fourth-order valence-corrected chi connectivity index (χ4v) is 6.21. The molecule has 1 aromatic rings. The molecule has 0 saturated heterocycles. The predicted octanol–water partition coefficient (Wildman–Crippen LogP) is 4.46. The van der Waals surface area contributed by atoms with Gasteiger partial charge >= 0.3 is 12.1 Å². The maximum atomic E-state index is 14.9. The van der Waals surface area contributed by atoms with Gasteiger partial charge in [0.15, 0.2) is 11.6 Å². The molecule has 0 heterocycles. The van der Waals surface area contributed by atoms with Gasteiger partial charge in [-0.3, -0.25) is 14.4 Å². The molecule has 0 aliphatic heterocycles. The Morgan fingerprint density at radius 3 is 2.31 bits per heavy atom. The van der Waals surface area contributed by atoms with Gasteiger partial charge in [-0.05, 0) is 76.7 Å². The standard InChI is InChI=1S/C27H34F4N2O6/c1-13(27(29,30)31)32-24(35)21-14-4-5-15(10-14)22(21)33-23(34)17-11-20(18(28)12-19(17)38-3)39-16-6-8-26(2,9-7-16)25(36)37/h11-16,21-22H,4-10H2,1-3H3,(H,32,35)(H,33,34)(H,36,37)/t13-,14+,15-,16-,21-,22+,26+/m0/s1. The van der Waals surface area contributed by atoms with Crippen LogP contribution in [0.25, 0.3) is 0 Å². The van der Waals surface area contributed by atoms with Crippen LogP contribution in [0.4, 0.5) is 17.6 Å². The summed E-state index contributed by atoms with van der Waals surface area (Å²) in [5.41, 5.74) is -0.907. The summed E-state index contributed by atoms with van der Waals surface area (Å²) in [6, 6.07) is -0.471. The van der Waals surface area contributed by atoms with Gasteiger partial charge in [0.25, 0.3) is 5.91 Å². The van der Waals surface area contributed by atoms with Gasteiger partial charge in [0.2, 0.25) is 5.91 Å². The van der Waals surface area contributed by atoms with E-state index in [1.807, 2.05) is 5.32 Å². The van der Waals surface area contributed by atoms with E-state index in [0.717, 1.165) is 19.4 Å². The van der Waals surface area contributed by atoms with Crippen molar-refractivity contribution in [3.8, 4) is 11.5 Å². The van der Waals surface area contributed by atoms with E-state index in [-0.39, 0.29) is 28.9 Å². The number of carboxylic acid groups (broad SMARTS) is 1. The molecule has 12 heteroatoms. The number of hydrogen-bond donors (Lipinski definition) is 3. The third-order valence-electron chi connectivity index (χ3n) is 8.71. The molecule has 2 bridgehead atoms. The first kappa shape index (κ1) is 28.9. The van der Waals surface area contributed by atoms with Gasteiger partial charge in [-0.2, -0.15) is 13.2 Å². The van der Waals surface area contributed by atoms with Gasteiger partial charge in [0.1, 0.15) is 11.8 Å². The summed E-state index contributed by atoms with van der Waals surface area (Å²) in [6.07, 6.45) is -1.47. The highest BCUT2D eigenvalue weighted by atomic mass is 19.4. The van der Waals surface area contributed by atoms with Crippen molar-refractivity contribution in [2.75, 3.05) is 7.11 Å². The zero-order valence-corrected chi connectivity index (χ0v) is 22.1. The minimum atomic E-state index is -4.59. The van der Waals surface area contributed by atoms with Gasteiger partial charge in [-0.15, -0.1) is 0 Å². The van der Waals surface area contributed by atoms with E-state index in [4.69, 9.17) is 9.47 Å². The van der Waals surface area contributed by atoms with Crippen molar-refractivity contribution in [3.05, 3.63) is 23.5 Å². The quantitative estimate of drug-likeness (QED) is 0.406. The van der Waals surface area contributed by atoms with E-state index in [1.165, 1.54) is 13.2 Å². The number of nitrogens with one attached hydrogen (secondary N) is 2. The van der Waals surface area contributed by atoms with E-state index < -0.39 is 59.3 Å². The Morgan fingerprint density at radius 1 is 1.08 bits per heavy atom. The number of methoxy groups -OCH3 is 1. The number of fused-ring (bicyclic) bond motifs is 2. The normalized spacial score (nSPS) is 30.9. The van der Waals surface area contributed by atoms with Crippen LogP contribution in [-0.2, 0) is 9.59 Å². The van der Waals surface area contributed by atoms with Crippen molar-refractivity contribution in [3.63, 3.8) is 0 Å². The number of halogens is 4. The fourth-order valence-electron chi connectivity index (χ4n) is 6.21.